The topological polar surface area (TPSA) is 34.9 Å². The molecule has 2 aromatic heterocycles. The van der Waals surface area contributed by atoms with Gasteiger partial charge in [-0.2, -0.15) is 0 Å². The van der Waals surface area contributed by atoms with Crippen LogP contribution in [0.2, 0.25) is 0 Å². The molecule has 0 bridgehead atoms. The fraction of sp³-hybridized carbons (Fsp3) is 0.250. The highest BCUT2D eigenvalue weighted by Gasteiger charge is 2.17. The van der Waals surface area contributed by atoms with Crippen LogP contribution in [0.15, 0.2) is 35.1 Å². The van der Waals surface area contributed by atoms with Crippen molar-refractivity contribution in [3.63, 3.8) is 0 Å². The average Bonchev–Trinajstić information content (AvgIpc) is 2.78. The highest BCUT2D eigenvalue weighted by molar-refractivity contribution is 7.18. The smallest absolute Gasteiger partial charge is 0.262 e. The second-order valence-corrected chi connectivity index (χ2v) is 6.11. The minimum atomic E-state index is -0.588. The minimum absolute atomic E-state index is 0.0281. The van der Waals surface area contributed by atoms with Crippen molar-refractivity contribution in [2.75, 3.05) is 6.67 Å². The summed E-state index contributed by atoms with van der Waals surface area (Å²) in [5.41, 5.74) is 1.62. The Morgan fingerprint density at radius 3 is 2.62 bits per heavy atom. The van der Waals surface area contributed by atoms with Crippen LogP contribution in [0.1, 0.15) is 10.4 Å². The van der Waals surface area contributed by atoms with Gasteiger partial charge in [-0.25, -0.2) is 9.37 Å². The van der Waals surface area contributed by atoms with Crippen LogP contribution in [0.4, 0.5) is 4.39 Å². The molecular formula is C16H15FN2OS. The molecule has 0 unspecified atom stereocenters. The van der Waals surface area contributed by atoms with E-state index in [1.54, 1.807) is 0 Å². The van der Waals surface area contributed by atoms with Crippen molar-refractivity contribution in [1.82, 2.24) is 9.55 Å². The summed E-state index contributed by atoms with van der Waals surface area (Å²) in [4.78, 5) is 19.1. The number of fused-ring (bicyclic) bond motifs is 1. The Hall–Kier alpha value is -2.01. The van der Waals surface area contributed by atoms with Crippen LogP contribution in [0.25, 0.3) is 21.6 Å². The molecule has 0 aliphatic heterocycles. The van der Waals surface area contributed by atoms with Crippen molar-refractivity contribution in [3.05, 3.63) is 51.1 Å². The van der Waals surface area contributed by atoms with E-state index in [1.807, 2.05) is 44.2 Å². The van der Waals surface area contributed by atoms with E-state index in [4.69, 9.17) is 0 Å². The molecule has 0 radical (unpaired) electrons. The van der Waals surface area contributed by atoms with Crippen molar-refractivity contribution < 1.29 is 4.39 Å². The molecule has 2 heterocycles. The summed E-state index contributed by atoms with van der Waals surface area (Å²) in [7, 11) is 0. The number of hydrogen-bond acceptors (Lipinski definition) is 3. The molecule has 0 saturated carbocycles. The number of hydrogen-bond donors (Lipinski definition) is 0. The molecule has 3 nitrogen and oxygen atoms in total. The van der Waals surface area contributed by atoms with Crippen molar-refractivity contribution in [2.24, 2.45) is 0 Å². The van der Waals surface area contributed by atoms with Gasteiger partial charge in [0.15, 0.2) is 0 Å². The third kappa shape index (κ3) is 2.27. The first-order chi connectivity index (χ1) is 10.1. The molecule has 0 N–H and O–H groups in total. The van der Waals surface area contributed by atoms with Crippen molar-refractivity contribution in [1.29, 1.82) is 0 Å². The predicted molar refractivity (Wildman–Crippen MR) is 84.8 cm³/mol. The van der Waals surface area contributed by atoms with E-state index >= 15 is 0 Å². The van der Waals surface area contributed by atoms with Gasteiger partial charge < -0.3 is 0 Å². The lowest BCUT2D eigenvalue weighted by Gasteiger charge is -2.11. The van der Waals surface area contributed by atoms with Gasteiger partial charge in [-0.3, -0.25) is 9.36 Å². The average molecular weight is 302 g/mol. The number of rotatable bonds is 3. The summed E-state index contributed by atoms with van der Waals surface area (Å²) in [6.07, 6.45) is 0. The Kier molecular flexibility index (Phi) is 3.59. The summed E-state index contributed by atoms with van der Waals surface area (Å²) in [5.74, 6) is 0.534. The molecule has 0 saturated heterocycles. The Morgan fingerprint density at radius 1 is 1.24 bits per heavy atom. The van der Waals surface area contributed by atoms with E-state index in [0.717, 1.165) is 20.8 Å². The van der Waals surface area contributed by atoms with Crippen LogP contribution in [-0.2, 0) is 6.54 Å². The van der Waals surface area contributed by atoms with Gasteiger partial charge in [0.1, 0.15) is 17.3 Å². The molecule has 5 heteroatoms. The number of benzene rings is 1. The van der Waals surface area contributed by atoms with E-state index in [2.05, 4.69) is 4.98 Å². The van der Waals surface area contributed by atoms with Crippen molar-refractivity contribution in [2.45, 2.75) is 20.4 Å². The monoisotopic (exact) mass is 302 g/mol. The van der Waals surface area contributed by atoms with Crippen molar-refractivity contribution in [3.8, 4) is 11.4 Å². The summed E-state index contributed by atoms with van der Waals surface area (Å²) < 4.78 is 14.3. The zero-order valence-electron chi connectivity index (χ0n) is 11.9. The second kappa shape index (κ2) is 5.41. The Morgan fingerprint density at radius 2 is 1.95 bits per heavy atom. The summed E-state index contributed by atoms with van der Waals surface area (Å²) in [6, 6.07) is 9.44. The van der Waals surface area contributed by atoms with Gasteiger partial charge in [0.25, 0.3) is 5.56 Å². The molecule has 0 aliphatic rings. The van der Waals surface area contributed by atoms with Crippen LogP contribution < -0.4 is 5.56 Å². The predicted octanol–water partition coefficient (Wildman–Crippen LogP) is 3.71. The Labute approximate surface area is 125 Å². The van der Waals surface area contributed by atoms with Crippen LogP contribution in [-0.4, -0.2) is 16.2 Å². The van der Waals surface area contributed by atoms with Gasteiger partial charge in [0, 0.05) is 10.4 Å². The molecule has 21 heavy (non-hydrogen) atoms. The quantitative estimate of drug-likeness (QED) is 0.739. The Balaban J connectivity index is 2.38. The van der Waals surface area contributed by atoms with Gasteiger partial charge in [-0.1, -0.05) is 30.3 Å². The number of halogens is 1. The molecule has 1 aromatic carbocycles. The third-order valence-corrected chi connectivity index (χ3v) is 4.73. The zero-order valence-corrected chi connectivity index (χ0v) is 12.7. The number of aromatic nitrogens is 2. The van der Waals surface area contributed by atoms with Gasteiger partial charge in [-0.15, -0.1) is 11.3 Å². The number of alkyl halides is 1. The molecule has 0 aliphatic carbocycles. The van der Waals surface area contributed by atoms with Gasteiger partial charge in [0.2, 0.25) is 0 Å². The van der Waals surface area contributed by atoms with Crippen molar-refractivity contribution >= 4 is 21.6 Å². The van der Waals surface area contributed by atoms with E-state index in [9.17, 15) is 9.18 Å². The van der Waals surface area contributed by atoms with E-state index in [-0.39, 0.29) is 12.1 Å². The summed E-state index contributed by atoms with van der Waals surface area (Å²) in [5, 5.41) is 0.616. The van der Waals surface area contributed by atoms with E-state index in [1.165, 1.54) is 15.9 Å². The molecule has 3 aromatic rings. The minimum Gasteiger partial charge on any atom is -0.289 e. The lowest BCUT2D eigenvalue weighted by Crippen LogP contribution is -2.24. The fourth-order valence-corrected chi connectivity index (χ4v) is 3.45. The highest BCUT2D eigenvalue weighted by Crippen LogP contribution is 2.28. The number of nitrogens with zero attached hydrogens (tertiary/aromatic N) is 2. The molecule has 0 amide bonds. The first kappa shape index (κ1) is 13.9. The van der Waals surface area contributed by atoms with Crippen LogP contribution in [0.5, 0.6) is 0 Å². The van der Waals surface area contributed by atoms with Crippen LogP contribution in [0, 0.1) is 13.8 Å². The third-order valence-electron chi connectivity index (χ3n) is 3.63. The van der Waals surface area contributed by atoms with Crippen LogP contribution >= 0.6 is 11.3 Å². The first-order valence-electron chi connectivity index (χ1n) is 6.75. The van der Waals surface area contributed by atoms with Crippen LogP contribution in [0.3, 0.4) is 0 Å². The zero-order chi connectivity index (χ0) is 15.0. The maximum absolute atomic E-state index is 12.9. The normalized spacial score (nSPS) is 11.2. The van der Waals surface area contributed by atoms with Gasteiger partial charge in [0.05, 0.1) is 11.9 Å². The molecule has 3 rings (SSSR count). The van der Waals surface area contributed by atoms with E-state index < -0.39 is 6.67 Å². The van der Waals surface area contributed by atoms with Gasteiger partial charge in [-0.05, 0) is 19.4 Å². The van der Waals surface area contributed by atoms with E-state index in [0.29, 0.717) is 11.2 Å². The molecule has 0 fully saturated rings. The molecular weight excluding hydrogens is 287 g/mol. The maximum Gasteiger partial charge on any atom is 0.262 e. The van der Waals surface area contributed by atoms with Gasteiger partial charge >= 0.3 is 0 Å². The highest BCUT2D eigenvalue weighted by atomic mass is 32.1. The first-order valence-corrected chi connectivity index (χ1v) is 7.57. The SMILES string of the molecule is Cc1sc2nc(-c3ccccc3)n(CCF)c(=O)c2c1C. The summed E-state index contributed by atoms with van der Waals surface area (Å²) >= 11 is 1.51. The fourth-order valence-electron chi connectivity index (χ4n) is 2.43. The standard InChI is InChI=1S/C16H15FN2OS/c1-10-11(2)21-15-13(10)16(20)19(9-8-17)14(18-15)12-6-4-3-5-7-12/h3-7H,8-9H2,1-2H3. The second-order valence-electron chi connectivity index (χ2n) is 4.91. The number of thiophene rings is 1. The lowest BCUT2D eigenvalue weighted by molar-refractivity contribution is 0.441. The number of aryl methyl sites for hydroxylation is 2. The summed E-state index contributed by atoms with van der Waals surface area (Å²) in [6.45, 7) is 3.33. The lowest BCUT2D eigenvalue weighted by atomic mass is 10.2. The molecule has 0 spiro atoms. The largest absolute Gasteiger partial charge is 0.289 e. The Bertz CT molecular complexity index is 852. The molecule has 108 valence electrons. The molecule has 0 atom stereocenters. The maximum atomic E-state index is 12.9.